The van der Waals surface area contributed by atoms with Crippen LogP contribution in [0.2, 0.25) is 0 Å². The largest absolute Gasteiger partial charge is 0.481 e. The highest BCUT2D eigenvalue weighted by Crippen LogP contribution is 2.36. The summed E-state index contributed by atoms with van der Waals surface area (Å²) in [5, 5.41) is 2.87. The minimum absolute atomic E-state index is 0.0851. The second-order valence-corrected chi connectivity index (χ2v) is 7.27. The van der Waals surface area contributed by atoms with Crippen molar-refractivity contribution >= 4 is 11.7 Å². The molecule has 2 aromatic heterocycles. The fraction of sp³-hybridized carbons (Fsp3) is 0.421. The molecule has 132 valence electrons. The Hall–Kier alpha value is -2.63. The first-order chi connectivity index (χ1) is 11.8. The number of aromatic nitrogens is 2. The molecule has 0 bridgehead atoms. The van der Waals surface area contributed by atoms with E-state index >= 15 is 0 Å². The average Bonchev–Trinajstić information content (AvgIpc) is 2.88. The van der Waals surface area contributed by atoms with Crippen molar-refractivity contribution in [3.05, 3.63) is 46.4 Å². The van der Waals surface area contributed by atoms with Crippen molar-refractivity contribution in [1.82, 2.24) is 15.3 Å². The van der Waals surface area contributed by atoms with Crippen LogP contribution in [0.5, 0.6) is 5.88 Å². The lowest BCUT2D eigenvalue weighted by Gasteiger charge is -2.28. The summed E-state index contributed by atoms with van der Waals surface area (Å²) in [5.74, 6) is 0.360. The Labute approximate surface area is 147 Å². The van der Waals surface area contributed by atoms with E-state index in [2.05, 4.69) is 29.1 Å². The molecule has 6 nitrogen and oxygen atoms in total. The van der Waals surface area contributed by atoms with E-state index in [-0.39, 0.29) is 17.1 Å². The molecule has 0 aromatic carbocycles. The van der Waals surface area contributed by atoms with Crippen LogP contribution in [0.1, 0.15) is 57.9 Å². The predicted molar refractivity (Wildman–Crippen MR) is 93.9 cm³/mol. The molecular weight excluding hydrogens is 318 g/mol. The number of hydrogen-bond donors (Lipinski definition) is 2. The van der Waals surface area contributed by atoms with Crippen LogP contribution in [0.4, 0.5) is 0 Å². The van der Waals surface area contributed by atoms with Gasteiger partial charge in [0.15, 0.2) is 5.78 Å². The Morgan fingerprint density at radius 1 is 1.40 bits per heavy atom. The minimum atomic E-state index is -0.233. The van der Waals surface area contributed by atoms with Crippen molar-refractivity contribution in [2.45, 2.75) is 40.2 Å². The minimum Gasteiger partial charge on any atom is -0.481 e. The van der Waals surface area contributed by atoms with E-state index in [4.69, 9.17) is 4.74 Å². The van der Waals surface area contributed by atoms with Crippen LogP contribution < -0.4 is 10.1 Å². The molecule has 0 aliphatic heterocycles. The Morgan fingerprint density at radius 3 is 2.88 bits per heavy atom. The fourth-order valence-electron chi connectivity index (χ4n) is 3.47. The smallest absolute Gasteiger partial charge is 0.268 e. The van der Waals surface area contributed by atoms with Gasteiger partial charge >= 0.3 is 0 Å². The Morgan fingerprint density at radius 2 is 2.16 bits per heavy atom. The summed E-state index contributed by atoms with van der Waals surface area (Å²) in [6.45, 7) is 6.26. The van der Waals surface area contributed by atoms with Gasteiger partial charge < -0.3 is 15.0 Å². The molecule has 2 heterocycles. The second-order valence-electron chi connectivity index (χ2n) is 7.27. The molecule has 0 saturated heterocycles. The lowest BCUT2D eigenvalue weighted by atomic mass is 9.75. The molecule has 0 unspecified atom stereocenters. The molecule has 0 atom stereocenters. The van der Waals surface area contributed by atoms with Gasteiger partial charge in [0.05, 0.1) is 7.11 Å². The van der Waals surface area contributed by atoms with Crippen molar-refractivity contribution in [2.75, 3.05) is 7.11 Å². The number of ether oxygens (including phenoxy) is 1. The average molecular weight is 341 g/mol. The highest BCUT2D eigenvalue weighted by atomic mass is 16.5. The second kappa shape index (κ2) is 6.35. The van der Waals surface area contributed by atoms with E-state index < -0.39 is 0 Å². The number of carbonyl (C=O) groups excluding carboxylic acids is 2. The molecule has 6 heteroatoms. The topological polar surface area (TPSA) is 84.1 Å². The van der Waals surface area contributed by atoms with Gasteiger partial charge in [-0.1, -0.05) is 19.9 Å². The van der Waals surface area contributed by atoms with Crippen LogP contribution >= 0.6 is 0 Å². The summed E-state index contributed by atoms with van der Waals surface area (Å²) in [7, 11) is 1.55. The summed E-state index contributed by atoms with van der Waals surface area (Å²) in [4.78, 5) is 32.3. The molecule has 1 amide bonds. The third kappa shape index (κ3) is 3.29. The number of H-pyrrole nitrogens is 1. The van der Waals surface area contributed by atoms with Gasteiger partial charge in [0.25, 0.3) is 5.91 Å². The molecule has 2 aromatic rings. The number of ketones is 1. The number of nitrogens with zero attached hydrogens (tertiary/aromatic N) is 1. The van der Waals surface area contributed by atoms with Crippen molar-refractivity contribution in [1.29, 1.82) is 0 Å². The number of carbonyl (C=O) groups is 2. The third-order valence-electron chi connectivity index (χ3n) is 4.61. The Balaban J connectivity index is 1.81. The zero-order valence-electron chi connectivity index (χ0n) is 15.0. The van der Waals surface area contributed by atoms with Crippen molar-refractivity contribution < 1.29 is 14.3 Å². The molecule has 1 aliphatic carbocycles. The van der Waals surface area contributed by atoms with E-state index in [1.165, 1.54) is 0 Å². The molecular formula is C19H23N3O3. The maximum absolute atomic E-state index is 12.6. The quantitative estimate of drug-likeness (QED) is 0.895. The number of methoxy groups -OCH3 is 1. The first-order valence-electron chi connectivity index (χ1n) is 8.33. The Kier molecular flexibility index (Phi) is 4.37. The fourth-order valence-corrected chi connectivity index (χ4v) is 3.47. The van der Waals surface area contributed by atoms with Crippen LogP contribution in [-0.2, 0) is 13.0 Å². The van der Waals surface area contributed by atoms with Gasteiger partial charge in [-0.25, -0.2) is 4.98 Å². The summed E-state index contributed by atoms with van der Waals surface area (Å²) in [5.41, 5.74) is 3.44. The molecule has 0 radical (unpaired) electrons. The number of nitrogens with one attached hydrogen (secondary N) is 2. The van der Waals surface area contributed by atoms with E-state index in [9.17, 15) is 9.59 Å². The molecule has 0 spiro atoms. The van der Waals surface area contributed by atoms with Crippen molar-refractivity contribution in [2.24, 2.45) is 5.41 Å². The van der Waals surface area contributed by atoms with Crippen LogP contribution in [0.3, 0.4) is 0 Å². The lowest BCUT2D eigenvalue weighted by molar-refractivity contribution is 0.0909. The lowest BCUT2D eigenvalue weighted by Crippen LogP contribution is -2.26. The molecule has 0 saturated carbocycles. The van der Waals surface area contributed by atoms with E-state index in [1.807, 2.05) is 13.0 Å². The van der Waals surface area contributed by atoms with Crippen molar-refractivity contribution in [3.63, 3.8) is 0 Å². The first-order valence-corrected chi connectivity index (χ1v) is 8.33. The van der Waals surface area contributed by atoms with E-state index in [1.54, 1.807) is 19.4 Å². The van der Waals surface area contributed by atoms with Crippen LogP contribution in [-0.4, -0.2) is 28.8 Å². The van der Waals surface area contributed by atoms with Gasteiger partial charge in [0.2, 0.25) is 5.88 Å². The van der Waals surface area contributed by atoms with Crippen LogP contribution in [0.15, 0.2) is 18.3 Å². The SMILES string of the molecule is COc1ncccc1CNC(=O)c1[nH]c2c(c1C)C(=O)CC(C)(C)C2. The highest BCUT2D eigenvalue weighted by molar-refractivity contribution is 6.04. The van der Waals surface area contributed by atoms with E-state index in [0.717, 1.165) is 23.2 Å². The van der Waals surface area contributed by atoms with Gasteiger partial charge in [-0.2, -0.15) is 0 Å². The van der Waals surface area contributed by atoms with Crippen LogP contribution in [0, 0.1) is 12.3 Å². The van der Waals surface area contributed by atoms with Crippen LogP contribution in [0.25, 0.3) is 0 Å². The summed E-state index contributed by atoms with van der Waals surface area (Å²) < 4.78 is 5.20. The monoisotopic (exact) mass is 341 g/mol. The first kappa shape index (κ1) is 17.2. The van der Waals surface area contributed by atoms with Gasteiger partial charge in [-0.3, -0.25) is 9.59 Å². The number of rotatable bonds is 4. The van der Waals surface area contributed by atoms with Gasteiger partial charge in [0, 0.05) is 36.0 Å². The third-order valence-corrected chi connectivity index (χ3v) is 4.61. The van der Waals surface area contributed by atoms with Gasteiger partial charge in [0.1, 0.15) is 5.69 Å². The zero-order chi connectivity index (χ0) is 18.2. The summed E-state index contributed by atoms with van der Waals surface area (Å²) in [6, 6.07) is 3.65. The molecule has 3 rings (SSSR count). The highest BCUT2D eigenvalue weighted by Gasteiger charge is 2.35. The maximum atomic E-state index is 12.6. The predicted octanol–water partition coefficient (Wildman–Crippen LogP) is 2.81. The Bertz CT molecular complexity index is 836. The van der Waals surface area contributed by atoms with Gasteiger partial charge in [-0.15, -0.1) is 0 Å². The summed E-state index contributed by atoms with van der Waals surface area (Å²) in [6.07, 6.45) is 2.91. The number of pyridine rings is 1. The number of fused-ring (bicyclic) bond motifs is 1. The molecule has 2 N–H and O–H groups in total. The summed E-state index contributed by atoms with van der Waals surface area (Å²) >= 11 is 0. The molecule has 1 aliphatic rings. The number of aromatic amines is 1. The molecule has 25 heavy (non-hydrogen) atoms. The molecule has 0 fully saturated rings. The van der Waals surface area contributed by atoms with Gasteiger partial charge in [-0.05, 0) is 30.4 Å². The number of amides is 1. The van der Waals surface area contributed by atoms with E-state index in [0.29, 0.717) is 30.1 Å². The number of Topliss-reactive ketones (excluding diaryl/α,β-unsaturated/α-hetero) is 1. The number of hydrogen-bond acceptors (Lipinski definition) is 4. The van der Waals surface area contributed by atoms with Crippen molar-refractivity contribution in [3.8, 4) is 5.88 Å². The maximum Gasteiger partial charge on any atom is 0.268 e. The normalized spacial score (nSPS) is 15.6. The zero-order valence-corrected chi connectivity index (χ0v) is 15.0. The standard InChI is InChI=1S/C19H23N3O3/c1-11-15-13(8-19(2,3)9-14(15)23)22-16(11)17(24)21-10-12-6-5-7-20-18(12)25-4/h5-7,22H,8-10H2,1-4H3,(H,21,24).